The molecule has 0 saturated carbocycles. The molecule has 0 amide bonds. The molecule has 0 aromatic carbocycles. The molecule has 21 heavy (non-hydrogen) atoms. The van der Waals surface area contributed by atoms with Crippen LogP contribution >= 0.6 is 0 Å². The van der Waals surface area contributed by atoms with E-state index in [1.54, 1.807) is 0 Å². The molecule has 1 unspecified atom stereocenters. The fraction of sp³-hybridized carbons (Fsp3) is 0.750. The van der Waals surface area contributed by atoms with Crippen LogP contribution in [-0.4, -0.2) is 48.1 Å². The zero-order valence-corrected chi connectivity index (χ0v) is 14.5. The van der Waals surface area contributed by atoms with E-state index in [2.05, 4.69) is 62.3 Å². The molecule has 5 nitrogen and oxygen atoms in total. The molecule has 1 aromatic heterocycles. The van der Waals surface area contributed by atoms with Gasteiger partial charge in [0, 0.05) is 24.6 Å². The Kier molecular flexibility index (Phi) is 7.43. The van der Waals surface area contributed by atoms with Crippen LogP contribution in [0.25, 0.3) is 0 Å². The Labute approximate surface area is 129 Å². The number of hydrogen-bond donors (Lipinski definition) is 2. The Morgan fingerprint density at radius 1 is 1.14 bits per heavy atom. The lowest BCUT2D eigenvalue weighted by Gasteiger charge is -2.20. The van der Waals surface area contributed by atoms with E-state index in [4.69, 9.17) is 4.98 Å². The van der Waals surface area contributed by atoms with Gasteiger partial charge in [0.05, 0.1) is 0 Å². The molecule has 0 aliphatic rings. The summed E-state index contributed by atoms with van der Waals surface area (Å²) in [6, 6.07) is 0.393. The zero-order chi connectivity index (χ0) is 15.8. The van der Waals surface area contributed by atoms with E-state index in [0.29, 0.717) is 6.04 Å². The Balaban J connectivity index is 2.87. The van der Waals surface area contributed by atoms with Crippen molar-refractivity contribution in [1.29, 1.82) is 0 Å². The smallest absolute Gasteiger partial charge is 0.134 e. The van der Waals surface area contributed by atoms with Crippen molar-refractivity contribution in [2.45, 2.75) is 53.0 Å². The van der Waals surface area contributed by atoms with Crippen molar-refractivity contribution in [3.63, 3.8) is 0 Å². The SMILES string of the molecule is CCCc1nc(NCC)c(C)c(NC(C)CCN(C)C)n1. The summed E-state index contributed by atoms with van der Waals surface area (Å²) in [6.45, 7) is 10.5. The third kappa shape index (κ3) is 5.87. The molecule has 0 fully saturated rings. The highest BCUT2D eigenvalue weighted by molar-refractivity contribution is 5.57. The normalized spacial score (nSPS) is 12.5. The van der Waals surface area contributed by atoms with Crippen molar-refractivity contribution in [1.82, 2.24) is 14.9 Å². The first-order chi connectivity index (χ1) is 9.97. The lowest BCUT2D eigenvalue weighted by molar-refractivity contribution is 0.390. The van der Waals surface area contributed by atoms with Crippen molar-refractivity contribution in [2.75, 3.05) is 37.8 Å². The molecule has 5 heteroatoms. The van der Waals surface area contributed by atoms with E-state index in [0.717, 1.165) is 55.4 Å². The van der Waals surface area contributed by atoms with Crippen LogP contribution < -0.4 is 10.6 Å². The minimum absolute atomic E-state index is 0.393. The Morgan fingerprint density at radius 2 is 1.81 bits per heavy atom. The molecule has 0 spiro atoms. The summed E-state index contributed by atoms with van der Waals surface area (Å²) in [7, 11) is 4.20. The zero-order valence-electron chi connectivity index (χ0n) is 14.5. The molecule has 1 aromatic rings. The standard InChI is InChI=1S/C16H31N5/c1-7-9-14-19-15(17-8-2)13(4)16(20-14)18-12(3)10-11-21(5)6/h12H,7-11H2,1-6H3,(H2,17,18,19,20). The average molecular weight is 293 g/mol. The molecule has 0 radical (unpaired) electrons. The number of nitrogens with zero attached hydrogens (tertiary/aromatic N) is 3. The summed E-state index contributed by atoms with van der Waals surface area (Å²) < 4.78 is 0. The van der Waals surface area contributed by atoms with Gasteiger partial charge in [-0.2, -0.15) is 0 Å². The van der Waals surface area contributed by atoms with Crippen LogP contribution in [0.15, 0.2) is 0 Å². The van der Waals surface area contributed by atoms with Crippen LogP contribution in [0.1, 0.15) is 45.0 Å². The molecule has 1 atom stereocenters. The minimum Gasteiger partial charge on any atom is -0.370 e. The first-order valence-electron chi connectivity index (χ1n) is 8.00. The summed E-state index contributed by atoms with van der Waals surface area (Å²) in [5, 5.41) is 6.88. The Hall–Kier alpha value is -1.36. The lowest BCUT2D eigenvalue weighted by atomic mass is 10.2. The first-order valence-corrected chi connectivity index (χ1v) is 8.00. The third-order valence-corrected chi connectivity index (χ3v) is 3.40. The van der Waals surface area contributed by atoms with Crippen LogP contribution in [0.3, 0.4) is 0 Å². The van der Waals surface area contributed by atoms with Gasteiger partial charge in [0.2, 0.25) is 0 Å². The van der Waals surface area contributed by atoms with Crippen molar-refractivity contribution >= 4 is 11.6 Å². The van der Waals surface area contributed by atoms with E-state index in [9.17, 15) is 0 Å². The van der Waals surface area contributed by atoms with Gasteiger partial charge in [0.1, 0.15) is 17.5 Å². The highest BCUT2D eigenvalue weighted by Gasteiger charge is 2.12. The van der Waals surface area contributed by atoms with Crippen LogP contribution in [-0.2, 0) is 6.42 Å². The van der Waals surface area contributed by atoms with Crippen LogP contribution in [0, 0.1) is 6.92 Å². The molecule has 120 valence electrons. The van der Waals surface area contributed by atoms with Crippen molar-refractivity contribution in [2.24, 2.45) is 0 Å². The van der Waals surface area contributed by atoms with E-state index >= 15 is 0 Å². The summed E-state index contributed by atoms with van der Waals surface area (Å²) >= 11 is 0. The van der Waals surface area contributed by atoms with E-state index in [1.807, 2.05) is 0 Å². The largest absolute Gasteiger partial charge is 0.370 e. The first kappa shape index (κ1) is 17.7. The fourth-order valence-corrected chi connectivity index (χ4v) is 2.14. The number of nitrogens with one attached hydrogen (secondary N) is 2. The minimum atomic E-state index is 0.393. The quantitative estimate of drug-likeness (QED) is 0.733. The van der Waals surface area contributed by atoms with Crippen molar-refractivity contribution in [3.8, 4) is 0 Å². The van der Waals surface area contributed by atoms with E-state index < -0.39 is 0 Å². The van der Waals surface area contributed by atoms with Gasteiger partial charge in [-0.25, -0.2) is 9.97 Å². The third-order valence-electron chi connectivity index (χ3n) is 3.40. The second kappa shape index (κ2) is 8.82. The van der Waals surface area contributed by atoms with Gasteiger partial charge in [-0.3, -0.25) is 0 Å². The highest BCUT2D eigenvalue weighted by Crippen LogP contribution is 2.21. The molecular formula is C16H31N5. The highest BCUT2D eigenvalue weighted by atomic mass is 15.1. The summed E-state index contributed by atoms with van der Waals surface area (Å²) in [4.78, 5) is 11.5. The van der Waals surface area contributed by atoms with Crippen LogP contribution in [0.2, 0.25) is 0 Å². The number of aryl methyl sites for hydroxylation is 1. The van der Waals surface area contributed by atoms with Gasteiger partial charge < -0.3 is 15.5 Å². The van der Waals surface area contributed by atoms with Crippen LogP contribution in [0.4, 0.5) is 11.6 Å². The fourth-order valence-electron chi connectivity index (χ4n) is 2.14. The second-order valence-corrected chi connectivity index (χ2v) is 5.88. The van der Waals surface area contributed by atoms with Gasteiger partial charge >= 0.3 is 0 Å². The maximum absolute atomic E-state index is 4.70. The number of anilines is 2. The Morgan fingerprint density at radius 3 is 2.38 bits per heavy atom. The predicted molar refractivity (Wildman–Crippen MR) is 91.2 cm³/mol. The molecule has 0 aliphatic carbocycles. The van der Waals surface area contributed by atoms with Gasteiger partial charge in [-0.1, -0.05) is 6.92 Å². The van der Waals surface area contributed by atoms with Crippen LogP contribution in [0.5, 0.6) is 0 Å². The molecule has 0 aliphatic heterocycles. The maximum Gasteiger partial charge on any atom is 0.134 e. The summed E-state index contributed by atoms with van der Waals surface area (Å²) in [6.07, 6.45) is 3.07. The molecule has 1 rings (SSSR count). The molecule has 1 heterocycles. The lowest BCUT2D eigenvalue weighted by Crippen LogP contribution is -2.24. The number of rotatable bonds is 9. The monoisotopic (exact) mass is 293 g/mol. The molecule has 0 saturated heterocycles. The van der Waals surface area contributed by atoms with Crippen molar-refractivity contribution in [3.05, 3.63) is 11.4 Å². The van der Waals surface area contributed by atoms with Gasteiger partial charge in [0.25, 0.3) is 0 Å². The topological polar surface area (TPSA) is 53.1 Å². The Bertz CT molecular complexity index is 431. The maximum atomic E-state index is 4.70. The summed E-state index contributed by atoms with van der Waals surface area (Å²) in [5.41, 5.74) is 1.11. The van der Waals surface area contributed by atoms with E-state index in [1.165, 1.54) is 0 Å². The molecule has 0 bridgehead atoms. The van der Waals surface area contributed by atoms with Gasteiger partial charge in [0.15, 0.2) is 0 Å². The average Bonchev–Trinajstić information content (AvgIpc) is 2.42. The van der Waals surface area contributed by atoms with Gasteiger partial charge in [-0.15, -0.1) is 0 Å². The summed E-state index contributed by atoms with van der Waals surface area (Å²) in [5.74, 6) is 2.84. The van der Waals surface area contributed by atoms with E-state index in [-0.39, 0.29) is 0 Å². The molecule has 2 N–H and O–H groups in total. The second-order valence-electron chi connectivity index (χ2n) is 5.88. The van der Waals surface area contributed by atoms with Crippen molar-refractivity contribution < 1.29 is 0 Å². The number of aromatic nitrogens is 2. The predicted octanol–water partition coefficient (Wildman–Crippen LogP) is 2.92. The molecular weight excluding hydrogens is 262 g/mol. The number of hydrogen-bond acceptors (Lipinski definition) is 5. The van der Waals surface area contributed by atoms with Gasteiger partial charge in [-0.05, 0) is 54.3 Å².